The van der Waals surface area contributed by atoms with E-state index in [1.165, 1.54) is 12.8 Å². The third-order valence-corrected chi connectivity index (χ3v) is 4.48. The predicted octanol–water partition coefficient (Wildman–Crippen LogP) is 5.28. The van der Waals surface area contributed by atoms with E-state index in [9.17, 15) is 0 Å². The molecule has 0 aliphatic heterocycles. The summed E-state index contributed by atoms with van der Waals surface area (Å²) in [7, 11) is 0. The molecule has 94 valence electrons. The molecule has 2 rings (SSSR count). The van der Waals surface area contributed by atoms with Gasteiger partial charge in [0.25, 0.3) is 0 Å². The van der Waals surface area contributed by atoms with Crippen molar-refractivity contribution in [2.75, 3.05) is 0 Å². The summed E-state index contributed by atoms with van der Waals surface area (Å²) >= 11 is 0. The second kappa shape index (κ2) is 3.60. The zero-order valence-corrected chi connectivity index (χ0v) is 12.2. The first-order valence-electron chi connectivity index (χ1n) is 6.78. The Bertz CT molecular complexity index is 373. The minimum Gasteiger partial charge on any atom is -0.0748 e. The average molecular weight is 230 g/mol. The van der Waals surface area contributed by atoms with E-state index in [-0.39, 0.29) is 5.41 Å². The van der Waals surface area contributed by atoms with Gasteiger partial charge in [-0.1, -0.05) is 65.8 Å². The van der Waals surface area contributed by atoms with Crippen molar-refractivity contribution >= 4 is 0 Å². The van der Waals surface area contributed by atoms with Crippen molar-refractivity contribution in [1.82, 2.24) is 0 Å². The molecule has 0 fully saturated rings. The van der Waals surface area contributed by atoms with E-state index in [4.69, 9.17) is 0 Å². The van der Waals surface area contributed by atoms with Gasteiger partial charge in [0.2, 0.25) is 0 Å². The maximum atomic E-state index is 2.39. The first-order valence-corrected chi connectivity index (χ1v) is 6.78. The van der Waals surface area contributed by atoms with Crippen LogP contribution in [0.15, 0.2) is 35.5 Å². The van der Waals surface area contributed by atoms with Crippen LogP contribution >= 0.6 is 0 Å². The molecule has 0 saturated carbocycles. The SMILES string of the molecule is CC1(C)C=CC2=C(C=C1)C(C)(C)CCC2(C)C. The summed E-state index contributed by atoms with van der Waals surface area (Å²) in [5, 5.41) is 0. The van der Waals surface area contributed by atoms with Crippen molar-refractivity contribution in [2.45, 2.75) is 54.4 Å². The van der Waals surface area contributed by atoms with Gasteiger partial charge in [0.15, 0.2) is 0 Å². The molecule has 0 unspecified atom stereocenters. The van der Waals surface area contributed by atoms with Gasteiger partial charge in [-0.25, -0.2) is 0 Å². The van der Waals surface area contributed by atoms with E-state index in [1.54, 1.807) is 11.1 Å². The van der Waals surface area contributed by atoms with Crippen molar-refractivity contribution in [1.29, 1.82) is 0 Å². The lowest BCUT2D eigenvalue weighted by Crippen LogP contribution is -2.29. The highest BCUT2D eigenvalue weighted by Crippen LogP contribution is 2.51. The molecule has 0 N–H and O–H groups in total. The lowest BCUT2D eigenvalue weighted by molar-refractivity contribution is 0.273. The van der Waals surface area contributed by atoms with Crippen LogP contribution in [0.5, 0.6) is 0 Å². The zero-order valence-electron chi connectivity index (χ0n) is 12.2. The summed E-state index contributed by atoms with van der Waals surface area (Å²) < 4.78 is 0. The number of allylic oxidation sites excluding steroid dienone is 6. The Labute approximate surface area is 106 Å². The van der Waals surface area contributed by atoms with Crippen molar-refractivity contribution in [3.8, 4) is 0 Å². The van der Waals surface area contributed by atoms with Gasteiger partial charge in [0, 0.05) is 5.41 Å². The van der Waals surface area contributed by atoms with Crippen LogP contribution < -0.4 is 0 Å². The van der Waals surface area contributed by atoms with Gasteiger partial charge in [-0.2, -0.15) is 0 Å². The molecule has 0 heterocycles. The van der Waals surface area contributed by atoms with E-state index >= 15 is 0 Å². The largest absolute Gasteiger partial charge is 0.0748 e. The second-order valence-corrected chi connectivity index (χ2v) is 7.58. The smallest absolute Gasteiger partial charge is 0.00108 e. The Morgan fingerprint density at radius 2 is 1.06 bits per heavy atom. The fourth-order valence-corrected chi connectivity index (χ4v) is 2.91. The monoisotopic (exact) mass is 230 g/mol. The molecule has 0 aromatic rings. The van der Waals surface area contributed by atoms with Crippen LogP contribution in [-0.4, -0.2) is 0 Å². The molecule has 0 aromatic heterocycles. The van der Waals surface area contributed by atoms with E-state index < -0.39 is 0 Å². The maximum Gasteiger partial charge on any atom is 0.00108 e. The summed E-state index contributed by atoms with van der Waals surface area (Å²) in [6.07, 6.45) is 12.1. The Morgan fingerprint density at radius 3 is 1.41 bits per heavy atom. The van der Waals surface area contributed by atoms with Crippen LogP contribution in [0, 0.1) is 16.2 Å². The number of hydrogen-bond acceptors (Lipinski definition) is 0. The van der Waals surface area contributed by atoms with Crippen molar-refractivity contribution < 1.29 is 0 Å². The summed E-state index contributed by atoms with van der Waals surface area (Å²) in [6.45, 7) is 14.1. The van der Waals surface area contributed by atoms with Crippen LogP contribution in [0.25, 0.3) is 0 Å². The molecular formula is C17H26. The molecule has 2 aliphatic rings. The normalized spacial score (nSPS) is 28.8. The van der Waals surface area contributed by atoms with E-state index in [0.717, 1.165) is 0 Å². The molecular weight excluding hydrogens is 204 g/mol. The summed E-state index contributed by atoms with van der Waals surface area (Å²) in [4.78, 5) is 0. The maximum absolute atomic E-state index is 2.39. The van der Waals surface area contributed by atoms with E-state index in [1.807, 2.05) is 0 Å². The molecule has 0 atom stereocenters. The summed E-state index contributed by atoms with van der Waals surface area (Å²) in [5.74, 6) is 0. The summed E-state index contributed by atoms with van der Waals surface area (Å²) in [6, 6.07) is 0. The van der Waals surface area contributed by atoms with Gasteiger partial charge < -0.3 is 0 Å². The fraction of sp³-hybridized carbons (Fsp3) is 0.647. The molecule has 0 aromatic carbocycles. The Hall–Kier alpha value is -0.780. The highest BCUT2D eigenvalue weighted by atomic mass is 14.4. The van der Waals surface area contributed by atoms with Crippen LogP contribution in [0.1, 0.15) is 54.4 Å². The molecule has 17 heavy (non-hydrogen) atoms. The molecule has 0 heteroatoms. The molecule has 0 bridgehead atoms. The van der Waals surface area contributed by atoms with Crippen molar-refractivity contribution in [3.63, 3.8) is 0 Å². The molecule has 0 spiro atoms. The van der Waals surface area contributed by atoms with Gasteiger partial charge in [-0.3, -0.25) is 0 Å². The minimum absolute atomic E-state index is 0.184. The Balaban J connectivity index is 2.59. The van der Waals surface area contributed by atoms with Crippen LogP contribution in [0.2, 0.25) is 0 Å². The third-order valence-electron chi connectivity index (χ3n) is 4.48. The highest BCUT2D eigenvalue weighted by molar-refractivity contribution is 5.46. The lowest BCUT2D eigenvalue weighted by Gasteiger charge is -2.41. The Morgan fingerprint density at radius 1 is 0.706 bits per heavy atom. The molecule has 0 saturated heterocycles. The summed E-state index contributed by atoms with van der Waals surface area (Å²) in [5.41, 5.74) is 3.94. The van der Waals surface area contributed by atoms with Crippen LogP contribution in [-0.2, 0) is 0 Å². The highest BCUT2D eigenvalue weighted by Gasteiger charge is 2.37. The van der Waals surface area contributed by atoms with Crippen LogP contribution in [0.3, 0.4) is 0 Å². The van der Waals surface area contributed by atoms with Gasteiger partial charge in [0.05, 0.1) is 0 Å². The Kier molecular flexibility index (Phi) is 2.69. The quantitative estimate of drug-likeness (QED) is 0.531. The molecule has 0 amide bonds. The van der Waals surface area contributed by atoms with Crippen LogP contribution in [0.4, 0.5) is 0 Å². The van der Waals surface area contributed by atoms with Gasteiger partial charge in [0.1, 0.15) is 0 Å². The second-order valence-electron chi connectivity index (χ2n) is 7.58. The minimum atomic E-state index is 0.184. The molecule has 2 aliphatic carbocycles. The first kappa shape index (κ1) is 12.7. The number of rotatable bonds is 0. The van der Waals surface area contributed by atoms with Crippen molar-refractivity contribution in [2.24, 2.45) is 16.2 Å². The molecule has 0 radical (unpaired) electrons. The average Bonchev–Trinajstić information content (AvgIpc) is 2.33. The predicted molar refractivity (Wildman–Crippen MR) is 75.9 cm³/mol. The zero-order chi connectivity index (χ0) is 12.9. The van der Waals surface area contributed by atoms with Gasteiger partial charge in [-0.05, 0) is 34.8 Å². The van der Waals surface area contributed by atoms with E-state index in [2.05, 4.69) is 65.8 Å². The lowest BCUT2D eigenvalue weighted by atomic mass is 9.63. The van der Waals surface area contributed by atoms with Gasteiger partial charge >= 0.3 is 0 Å². The number of hydrogen-bond donors (Lipinski definition) is 0. The van der Waals surface area contributed by atoms with Crippen molar-refractivity contribution in [3.05, 3.63) is 35.5 Å². The van der Waals surface area contributed by atoms with E-state index in [0.29, 0.717) is 10.8 Å². The topological polar surface area (TPSA) is 0 Å². The third kappa shape index (κ3) is 2.27. The standard InChI is InChI=1S/C17H26/c1-15(2)9-7-13-14(8-10-15)17(5,6)12-11-16(13,3)4/h7-10H,11-12H2,1-6H3. The van der Waals surface area contributed by atoms with Gasteiger partial charge in [-0.15, -0.1) is 0 Å². The first-order chi connectivity index (χ1) is 7.64. The fourth-order valence-electron chi connectivity index (χ4n) is 2.91. The molecule has 0 nitrogen and oxygen atoms in total.